The summed E-state index contributed by atoms with van der Waals surface area (Å²) in [5.74, 6) is 9.40. The number of allylic oxidation sites excluding steroid dienone is 2. The summed E-state index contributed by atoms with van der Waals surface area (Å²) in [4.78, 5) is 4.92. The Morgan fingerprint density at radius 3 is 1.79 bits per heavy atom. The van der Waals surface area contributed by atoms with Gasteiger partial charge in [-0.2, -0.15) is 0 Å². The van der Waals surface area contributed by atoms with E-state index in [1.54, 1.807) is 165 Å². The number of nitrogens with zero attached hydrogens (tertiary/aromatic N) is 1. The average molecular weight is 1780 g/mol. The van der Waals surface area contributed by atoms with Gasteiger partial charge in [0.25, 0.3) is 0 Å². The lowest BCUT2D eigenvalue weighted by Crippen LogP contribution is -2.32. The van der Waals surface area contributed by atoms with Gasteiger partial charge in [0.15, 0.2) is 0 Å². The zero-order valence-corrected chi connectivity index (χ0v) is 86.0. The first-order chi connectivity index (χ1) is 64.6. The highest BCUT2D eigenvalue weighted by atomic mass is 14.7. The normalized spacial score (nSPS) is 21.2. The molecule has 15 aromatic carbocycles. The lowest BCUT2D eigenvalue weighted by molar-refractivity contribution is 0.301. The molecule has 0 saturated heterocycles. The quantitative estimate of drug-likeness (QED) is 0.0566. The largest absolute Gasteiger partial charge is 0.260 e. The van der Waals surface area contributed by atoms with E-state index in [2.05, 4.69) is 288 Å². The third kappa shape index (κ3) is 13.6. The van der Waals surface area contributed by atoms with E-state index in [4.69, 9.17) is 4.98 Å². The van der Waals surface area contributed by atoms with Crippen molar-refractivity contribution in [2.45, 2.75) is 362 Å². The fourth-order valence-electron chi connectivity index (χ4n) is 30.9. The molecule has 1 heteroatoms. The third-order valence-electron chi connectivity index (χ3n) is 37.7. The zero-order valence-electron chi connectivity index (χ0n) is 86.0. The molecule has 16 aromatic rings. The van der Waals surface area contributed by atoms with Crippen molar-refractivity contribution >= 4 is 140 Å². The molecule has 10 atom stereocenters. The van der Waals surface area contributed by atoms with Crippen LogP contribution in [0.2, 0.25) is 0 Å². The van der Waals surface area contributed by atoms with Gasteiger partial charge in [-0.05, 0) is 544 Å². The van der Waals surface area contributed by atoms with Crippen LogP contribution in [0.25, 0.3) is 140 Å². The molecule has 694 valence electrons. The lowest BCUT2D eigenvalue weighted by atomic mass is 9.58. The summed E-state index contributed by atoms with van der Waals surface area (Å²) in [5, 5.41) is 38.4. The number of aryl methyl sites for hydroxylation is 9. The molecule has 0 N–H and O–H groups in total. The van der Waals surface area contributed by atoms with Gasteiger partial charge in [0.2, 0.25) is 0 Å². The molecule has 1 aromatic heterocycles. The van der Waals surface area contributed by atoms with Gasteiger partial charge >= 0.3 is 0 Å². The Morgan fingerprint density at radius 1 is 0.385 bits per heavy atom. The predicted octanol–water partition coefficient (Wildman–Crippen LogP) is 37.3. The van der Waals surface area contributed by atoms with Crippen molar-refractivity contribution < 1.29 is 0 Å². The van der Waals surface area contributed by atoms with Crippen molar-refractivity contribution in [1.29, 1.82) is 0 Å². The highest BCUT2D eigenvalue weighted by molar-refractivity contribution is 6.29. The van der Waals surface area contributed by atoms with Gasteiger partial charge in [-0.3, -0.25) is 4.98 Å². The van der Waals surface area contributed by atoms with Crippen LogP contribution in [0.1, 0.15) is 403 Å². The second-order valence-corrected chi connectivity index (χ2v) is 47.0. The minimum Gasteiger partial charge on any atom is -0.260 e. The van der Waals surface area contributed by atoms with E-state index >= 15 is 0 Å². The van der Waals surface area contributed by atoms with Crippen LogP contribution in [-0.2, 0) is 70.6 Å². The van der Waals surface area contributed by atoms with Crippen LogP contribution in [0.5, 0.6) is 0 Å². The molecule has 25 rings (SSSR count). The monoisotopic (exact) mass is 1780 g/mol. The SMILES string of the molecule is C.CCC1=c2c3ccc(C)c4cc(C(C)C)c5c(c6c7c(cc(c26)C1)CC(C)CC7C5)c43.CCc1ccc2c(c1)cc(C(C)C)c1c2cc(CC)c2c3ccnc4c3c(cc21)CCC4CC.CCc1ccc2c(cc(C(C)C)c3c(C)c4c(cc32)CC(C)C2CCC(CCCCc3c(C)c5c6cc(C(C)C)cc7c6c6c8c5c5c(cc(C(C)C)cc35)CC8C(C)CC6C(C)C7)C(C)=C42)c1C. The van der Waals surface area contributed by atoms with Crippen LogP contribution in [0, 0.1) is 63.2 Å². The van der Waals surface area contributed by atoms with Gasteiger partial charge in [-0.15, -0.1) is 0 Å². The third-order valence-corrected chi connectivity index (χ3v) is 37.7. The van der Waals surface area contributed by atoms with E-state index in [-0.39, 0.29) is 7.43 Å². The second-order valence-electron chi connectivity index (χ2n) is 47.0. The highest BCUT2D eigenvalue weighted by Gasteiger charge is 2.46. The smallest absolute Gasteiger partial charge is 0.0515 e. The van der Waals surface area contributed by atoms with Gasteiger partial charge in [0, 0.05) is 17.5 Å². The molecule has 1 heterocycles. The van der Waals surface area contributed by atoms with Crippen molar-refractivity contribution in [3.8, 4) is 0 Å². The van der Waals surface area contributed by atoms with Gasteiger partial charge in [0.05, 0.1) is 5.69 Å². The maximum atomic E-state index is 4.92. The highest BCUT2D eigenvalue weighted by Crippen LogP contribution is 2.62. The Morgan fingerprint density at radius 2 is 1.06 bits per heavy atom. The first kappa shape index (κ1) is 90.5. The summed E-state index contributed by atoms with van der Waals surface area (Å²) in [6, 6.07) is 47.7. The average Bonchev–Trinajstić information content (AvgIpc) is 1.31. The van der Waals surface area contributed by atoms with Crippen LogP contribution >= 0.6 is 0 Å². The van der Waals surface area contributed by atoms with Crippen molar-refractivity contribution in [2.75, 3.05) is 0 Å². The minimum atomic E-state index is 0. The first-order valence-corrected chi connectivity index (χ1v) is 54.1. The summed E-state index contributed by atoms with van der Waals surface area (Å²) in [6.45, 7) is 58.1. The molecule has 0 aliphatic heterocycles. The summed E-state index contributed by atoms with van der Waals surface area (Å²) in [7, 11) is 0. The molecular formula is C134H153N. The number of hydrogen-bond acceptors (Lipinski definition) is 1. The Balaban J connectivity index is 0.000000133. The molecule has 1 nitrogen and oxygen atoms in total. The van der Waals surface area contributed by atoms with E-state index in [1.165, 1.54) is 222 Å². The van der Waals surface area contributed by atoms with Crippen LogP contribution in [-0.4, -0.2) is 4.98 Å². The second kappa shape index (κ2) is 33.8. The molecule has 9 aliphatic rings. The van der Waals surface area contributed by atoms with Gasteiger partial charge in [-0.25, -0.2) is 0 Å². The van der Waals surface area contributed by atoms with Gasteiger partial charge in [0.1, 0.15) is 0 Å². The summed E-state index contributed by atoms with van der Waals surface area (Å²) in [6.07, 6.45) is 27.7. The number of aromatic nitrogens is 1. The Bertz CT molecular complexity index is 7860. The van der Waals surface area contributed by atoms with Crippen LogP contribution < -0.4 is 5.22 Å². The Kier molecular flexibility index (Phi) is 22.7. The maximum Gasteiger partial charge on any atom is 0.0515 e. The number of benzene rings is 15. The summed E-state index contributed by atoms with van der Waals surface area (Å²) in [5.41, 5.74) is 44.6. The van der Waals surface area contributed by atoms with E-state index in [0.717, 1.165) is 44.4 Å². The summed E-state index contributed by atoms with van der Waals surface area (Å²) < 4.78 is 0. The van der Waals surface area contributed by atoms with Crippen molar-refractivity contribution in [2.24, 2.45) is 35.5 Å². The molecule has 0 bridgehead atoms. The van der Waals surface area contributed by atoms with Gasteiger partial charge in [-0.1, -0.05) is 241 Å². The van der Waals surface area contributed by atoms with Crippen molar-refractivity contribution in [3.63, 3.8) is 0 Å². The molecule has 0 radical (unpaired) electrons. The molecular weight excluding hydrogens is 1620 g/mol. The summed E-state index contributed by atoms with van der Waals surface area (Å²) >= 11 is 0. The molecule has 10 unspecified atom stereocenters. The van der Waals surface area contributed by atoms with E-state index in [9.17, 15) is 0 Å². The van der Waals surface area contributed by atoms with Crippen molar-refractivity contribution in [1.82, 2.24) is 4.98 Å². The molecule has 135 heavy (non-hydrogen) atoms. The molecule has 0 spiro atoms. The standard InChI is InChI=1S/C69H82.C33H35N.C31H32.CH4/c1-15-44-20-23-53-57(40(44)11)33-54(36(6)7)62-43(14)61-49(32-59(53)62)24-37(8)51-22-21-45(41(12)63(51)61)18-16-17-19-52-42(13)64-60-30-47(35(4)5)27-48-25-38(9)55-26-39(10)56-31-50-28-46(34(2)3)29-58(52)65(50)69(64)68(56)67(55)66(48)60;1-6-20-9-12-25-24(15-20)18-27(19(4)5)32-28(25)16-22(8-3)30-26-13-14-34-33-21(7-2)10-11-23(31(26)33)17-29(30)32;1-6-18-11-21-12-19-9-16(4)10-20-13-25-23(15(2)3)14-24-17(5)7-8-22-27(18)28(21)31(26(19)20)30(25)29(22)24;/h20,23,27-30,32-39,45,51,55-56H,15-19,21-22,24-26,31H2,1-14H3;9,12-19,21H,6-8,10-11H2,1-5H3;7-8,12,14-16,20H,6,9-11,13H2,1-5H3;1H4. The van der Waals surface area contributed by atoms with Crippen LogP contribution in [0.15, 0.2) is 127 Å². The molecule has 0 fully saturated rings. The number of rotatable bonds is 15. The lowest BCUT2D eigenvalue weighted by Gasteiger charge is -2.46. The fraction of sp³-hybridized carbons (Fsp3) is 0.455. The minimum absolute atomic E-state index is 0. The van der Waals surface area contributed by atoms with Crippen LogP contribution in [0.3, 0.4) is 0 Å². The van der Waals surface area contributed by atoms with E-state index in [1.807, 2.05) is 0 Å². The van der Waals surface area contributed by atoms with E-state index in [0.29, 0.717) is 82.9 Å². The topological polar surface area (TPSA) is 12.9 Å². The molecule has 0 amide bonds. The van der Waals surface area contributed by atoms with E-state index < -0.39 is 0 Å². The fourth-order valence-corrected chi connectivity index (χ4v) is 30.9. The van der Waals surface area contributed by atoms with Crippen LogP contribution in [0.4, 0.5) is 0 Å². The van der Waals surface area contributed by atoms with Crippen molar-refractivity contribution in [3.05, 3.63) is 271 Å². The van der Waals surface area contributed by atoms with Gasteiger partial charge < -0.3 is 0 Å². The molecule has 0 saturated carbocycles. The number of hydrogen-bond donors (Lipinski definition) is 0. The Labute approximate surface area is 808 Å². The molecule has 9 aliphatic carbocycles. The predicted molar refractivity (Wildman–Crippen MR) is 591 cm³/mol. The number of unbranched alkanes of at least 4 members (excludes halogenated alkanes) is 1. The Hall–Kier alpha value is -9.69. The number of fused-ring (bicyclic) bond motifs is 14. The maximum absolute atomic E-state index is 4.92. The zero-order chi connectivity index (χ0) is 93.0. The number of pyridine rings is 1. The first-order valence-electron chi connectivity index (χ1n) is 54.1.